The van der Waals surface area contributed by atoms with Gasteiger partial charge in [-0.25, -0.2) is 0 Å². The van der Waals surface area contributed by atoms with Crippen LogP contribution in [0.1, 0.15) is 49.7 Å². The summed E-state index contributed by atoms with van der Waals surface area (Å²) in [4.78, 5) is 11.4. The maximum absolute atomic E-state index is 11.4. The second-order valence-corrected chi connectivity index (χ2v) is 4.60. The largest absolute Gasteiger partial charge is 0.368 e. The second kappa shape index (κ2) is 6.54. The number of carbonyl (C=O) groups is 1. The fourth-order valence-electron chi connectivity index (χ4n) is 2.14. The number of hydrogen-bond acceptors (Lipinski definition) is 3. The maximum Gasteiger partial charge on any atom is 0.242 e. The number of aryl methyl sites for hydroxylation is 1. The first-order valence-electron chi connectivity index (χ1n) is 6.57. The number of nitrogens with two attached hydrogens (primary N) is 1. The molecular weight excluding hydrogens is 228 g/mol. The lowest BCUT2D eigenvalue weighted by Crippen LogP contribution is -2.27. The third-order valence-corrected chi connectivity index (χ3v) is 3.21. The van der Waals surface area contributed by atoms with E-state index in [1.165, 1.54) is 5.56 Å². The third kappa shape index (κ3) is 3.10. The summed E-state index contributed by atoms with van der Waals surface area (Å²) in [5.41, 5.74) is 8.58. The summed E-state index contributed by atoms with van der Waals surface area (Å²) in [6.45, 7) is 9.82. The first kappa shape index (κ1) is 14.7. The van der Waals surface area contributed by atoms with Gasteiger partial charge in [-0.2, -0.15) is 5.10 Å². The minimum atomic E-state index is -0.344. The predicted molar refractivity (Wildman–Crippen MR) is 72.2 cm³/mol. The van der Waals surface area contributed by atoms with Gasteiger partial charge in [0.1, 0.15) is 6.04 Å². The van der Waals surface area contributed by atoms with Crippen LogP contribution < -0.4 is 11.1 Å². The lowest BCUT2D eigenvalue weighted by Gasteiger charge is -2.14. The summed E-state index contributed by atoms with van der Waals surface area (Å²) in [5, 5.41) is 7.82. The zero-order valence-corrected chi connectivity index (χ0v) is 11.8. The molecule has 1 rings (SSSR count). The summed E-state index contributed by atoms with van der Waals surface area (Å²) in [6, 6.07) is -0.344. The van der Waals surface area contributed by atoms with Crippen molar-refractivity contribution < 1.29 is 4.79 Å². The summed E-state index contributed by atoms with van der Waals surface area (Å²) in [5.74, 6) is -0.323. The molecule has 0 aromatic carbocycles. The molecule has 102 valence electrons. The molecule has 0 bridgehead atoms. The minimum Gasteiger partial charge on any atom is -0.368 e. The number of primary amides is 1. The Labute approximate surface area is 109 Å². The molecule has 0 spiro atoms. The zero-order chi connectivity index (χ0) is 13.7. The molecule has 5 heteroatoms. The zero-order valence-electron chi connectivity index (χ0n) is 11.8. The van der Waals surface area contributed by atoms with Gasteiger partial charge in [0, 0.05) is 17.8 Å². The Balaban J connectivity index is 2.95. The van der Waals surface area contributed by atoms with Crippen molar-refractivity contribution in [1.82, 2.24) is 15.1 Å². The van der Waals surface area contributed by atoms with Crippen LogP contribution in [-0.4, -0.2) is 22.2 Å². The van der Waals surface area contributed by atoms with E-state index in [2.05, 4.69) is 17.3 Å². The normalized spacial score (nSPS) is 12.7. The van der Waals surface area contributed by atoms with Gasteiger partial charge < -0.3 is 11.1 Å². The highest BCUT2D eigenvalue weighted by Gasteiger charge is 2.21. The molecule has 1 amide bonds. The molecule has 5 nitrogen and oxygen atoms in total. The molecule has 1 aromatic heterocycles. The lowest BCUT2D eigenvalue weighted by atomic mass is 10.1. The number of amides is 1. The van der Waals surface area contributed by atoms with Crippen LogP contribution >= 0.6 is 0 Å². The van der Waals surface area contributed by atoms with Gasteiger partial charge in [-0.1, -0.05) is 13.8 Å². The summed E-state index contributed by atoms with van der Waals surface area (Å²) in [7, 11) is 0. The molecule has 0 saturated carbocycles. The van der Waals surface area contributed by atoms with Gasteiger partial charge in [-0.3, -0.25) is 9.48 Å². The molecule has 18 heavy (non-hydrogen) atoms. The van der Waals surface area contributed by atoms with Crippen LogP contribution in [0.4, 0.5) is 0 Å². The van der Waals surface area contributed by atoms with Crippen molar-refractivity contribution in [2.24, 2.45) is 5.73 Å². The molecular formula is C13H24N4O. The van der Waals surface area contributed by atoms with Crippen molar-refractivity contribution in [2.75, 3.05) is 6.54 Å². The molecule has 1 atom stereocenters. The van der Waals surface area contributed by atoms with Crippen molar-refractivity contribution in [3.63, 3.8) is 0 Å². The average molecular weight is 252 g/mol. The quantitative estimate of drug-likeness (QED) is 0.721. The molecule has 0 fully saturated rings. The number of hydrogen-bond donors (Lipinski definition) is 2. The summed E-state index contributed by atoms with van der Waals surface area (Å²) in [6.07, 6.45) is 1.77. The molecule has 0 aliphatic rings. The van der Waals surface area contributed by atoms with Crippen molar-refractivity contribution in [3.8, 4) is 0 Å². The number of carbonyl (C=O) groups excluding carboxylic acids is 1. The fraction of sp³-hybridized carbons (Fsp3) is 0.692. The van der Waals surface area contributed by atoms with E-state index >= 15 is 0 Å². The van der Waals surface area contributed by atoms with Crippen molar-refractivity contribution in [1.29, 1.82) is 0 Å². The molecule has 0 saturated heterocycles. The van der Waals surface area contributed by atoms with Crippen LogP contribution in [0.5, 0.6) is 0 Å². The monoisotopic (exact) mass is 252 g/mol. The third-order valence-electron chi connectivity index (χ3n) is 3.21. The molecule has 1 heterocycles. The van der Waals surface area contributed by atoms with E-state index in [0.717, 1.165) is 30.9 Å². The van der Waals surface area contributed by atoms with Crippen LogP contribution in [0.3, 0.4) is 0 Å². The van der Waals surface area contributed by atoms with Gasteiger partial charge in [0.25, 0.3) is 0 Å². The van der Waals surface area contributed by atoms with Gasteiger partial charge >= 0.3 is 0 Å². The Bertz CT molecular complexity index is 411. The molecule has 0 aliphatic carbocycles. The lowest BCUT2D eigenvalue weighted by molar-refractivity contribution is -0.121. The van der Waals surface area contributed by atoms with Crippen LogP contribution in [0.15, 0.2) is 0 Å². The van der Waals surface area contributed by atoms with E-state index in [-0.39, 0.29) is 11.9 Å². The first-order chi connectivity index (χ1) is 8.52. The van der Waals surface area contributed by atoms with Gasteiger partial charge in [0.2, 0.25) is 5.91 Å². The Morgan fingerprint density at radius 1 is 1.44 bits per heavy atom. The standard InChI is InChI=1S/C13H24N4O/c1-5-7-15-8-11-9(3)16-17(10(11)4)12(6-2)13(14)18/h12,15H,5-8H2,1-4H3,(H2,14,18). The predicted octanol–water partition coefficient (Wildman–Crippen LogP) is 1.44. The van der Waals surface area contributed by atoms with Crippen molar-refractivity contribution >= 4 is 5.91 Å². The van der Waals surface area contributed by atoms with Gasteiger partial charge in [-0.05, 0) is 33.2 Å². The highest BCUT2D eigenvalue weighted by molar-refractivity contribution is 5.78. The van der Waals surface area contributed by atoms with Gasteiger partial charge in [0.05, 0.1) is 5.69 Å². The van der Waals surface area contributed by atoms with E-state index in [1.807, 2.05) is 20.8 Å². The van der Waals surface area contributed by atoms with E-state index in [9.17, 15) is 4.79 Å². The molecule has 0 aliphatic heterocycles. The topological polar surface area (TPSA) is 72.9 Å². The number of rotatable bonds is 7. The molecule has 3 N–H and O–H groups in total. The van der Waals surface area contributed by atoms with Crippen LogP contribution in [0.25, 0.3) is 0 Å². The minimum absolute atomic E-state index is 0.323. The fourth-order valence-corrected chi connectivity index (χ4v) is 2.14. The van der Waals surface area contributed by atoms with Crippen LogP contribution in [-0.2, 0) is 11.3 Å². The highest BCUT2D eigenvalue weighted by atomic mass is 16.1. The van der Waals surface area contributed by atoms with Crippen LogP contribution in [0.2, 0.25) is 0 Å². The Hall–Kier alpha value is -1.36. The smallest absolute Gasteiger partial charge is 0.242 e. The average Bonchev–Trinajstić information content (AvgIpc) is 2.58. The van der Waals surface area contributed by atoms with Crippen LogP contribution in [0, 0.1) is 13.8 Å². The van der Waals surface area contributed by atoms with E-state index < -0.39 is 0 Å². The first-order valence-corrected chi connectivity index (χ1v) is 6.57. The molecule has 1 unspecified atom stereocenters. The van der Waals surface area contributed by atoms with E-state index in [0.29, 0.717) is 6.42 Å². The van der Waals surface area contributed by atoms with Gasteiger partial charge in [-0.15, -0.1) is 0 Å². The number of aromatic nitrogens is 2. The maximum atomic E-state index is 11.4. The Morgan fingerprint density at radius 3 is 2.61 bits per heavy atom. The SMILES string of the molecule is CCCNCc1c(C)nn(C(CC)C(N)=O)c1C. The van der Waals surface area contributed by atoms with Crippen molar-refractivity contribution in [3.05, 3.63) is 17.0 Å². The number of nitrogens with zero attached hydrogens (tertiary/aromatic N) is 2. The Morgan fingerprint density at radius 2 is 2.11 bits per heavy atom. The highest BCUT2D eigenvalue weighted by Crippen LogP contribution is 2.19. The Kier molecular flexibility index (Phi) is 5.34. The second-order valence-electron chi connectivity index (χ2n) is 4.60. The molecule has 0 radical (unpaired) electrons. The van der Waals surface area contributed by atoms with E-state index in [4.69, 9.17) is 5.73 Å². The number of nitrogens with one attached hydrogen (secondary N) is 1. The van der Waals surface area contributed by atoms with Crippen molar-refractivity contribution in [2.45, 2.75) is 53.1 Å². The van der Waals surface area contributed by atoms with Gasteiger partial charge in [0.15, 0.2) is 0 Å². The summed E-state index contributed by atoms with van der Waals surface area (Å²) < 4.78 is 1.76. The summed E-state index contributed by atoms with van der Waals surface area (Å²) >= 11 is 0. The molecule has 1 aromatic rings. The van der Waals surface area contributed by atoms with E-state index in [1.54, 1.807) is 4.68 Å².